The predicted molar refractivity (Wildman–Crippen MR) is 76.7 cm³/mol. The summed E-state index contributed by atoms with van der Waals surface area (Å²) in [6.07, 6.45) is 4.77. The molecule has 2 rings (SSSR count). The van der Waals surface area contributed by atoms with Crippen molar-refractivity contribution < 1.29 is 5.11 Å². The molecule has 100 valence electrons. The minimum absolute atomic E-state index is 0.106. The molecule has 0 saturated heterocycles. The van der Waals surface area contributed by atoms with E-state index in [-0.39, 0.29) is 6.61 Å². The maximum atomic E-state index is 8.97. The zero-order valence-corrected chi connectivity index (χ0v) is 11.3. The Labute approximate surface area is 114 Å². The predicted octanol–water partition coefficient (Wildman–Crippen LogP) is 2.21. The van der Waals surface area contributed by atoms with Gasteiger partial charge in [0, 0.05) is 18.9 Å². The van der Waals surface area contributed by atoms with Crippen LogP contribution in [0.2, 0.25) is 0 Å². The highest BCUT2D eigenvalue weighted by molar-refractivity contribution is 5.23. The van der Waals surface area contributed by atoms with Crippen LogP contribution < -0.4 is 5.32 Å². The average Bonchev–Trinajstić information content (AvgIpc) is 2.46. The van der Waals surface area contributed by atoms with E-state index in [0.29, 0.717) is 0 Å². The molecule has 3 heteroatoms. The van der Waals surface area contributed by atoms with E-state index in [1.807, 2.05) is 24.5 Å². The van der Waals surface area contributed by atoms with Crippen LogP contribution in [0.3, 0.4) is 0 Å². The molecule has 0 aliphatic carbocycles. The number of aromatic nitrogens is 1. The second-order valence-electron chi connectivity index (χ2n) is 4.70. The van der Waals surface area contributed by atoms with Crippen LogP contribution >= 0.6 is 0 Å². The summed E-state index contributed by atoms with van der Waals surface area (Å²) in [4.78, 5) is 4.10. The van der Waals surface area contributed by atoms with Crippen LogP contribution in [0.25, 0.3) is 0 Å². The number of hydrogen-bond acceptors (Lipinski definition) is 3. The number of aryl methyl sites for hydroxylation is 1. The molecule has 0 aliphatic heterocycles. The number of hydrogen-bond donors (Lipinski definition) is 2. The Morgan fingerprint density at radius 1 is 1.11 bits per heavy atom. The van der Waals surface area contributed by atoms with E-state index in [4.69, 9.17) is 5.11 Å². The van der Waals surface area contributed by atoms with Gasteiger partial charge >= 0.3 is 0 Å². The standard InChI is InChI=1S/C16H20N2O/c1-13-10-17-8-6-16(13)7-9-18-11-14-2-4-15(12-19)5-3-14/h2-6,8,10,18-19H,7,9,11-12H2,1H3. The van der Waals surface area contributed by atoms with Gasteiger partial charge in [-0.25, -0.2) is 0 Å². The van der Waals surface area contributed by atoms with Gasteiger partial charge in [0.05, 0.1) is 6.61 Å². The lowest BCUT2D eigenvalue weighted by Crippen LogP contribution is -2.17. The van der Waals surface area contributed by atoms with E-state index in [2.05, 4.69) is 35.4 Å². The van der Waals surface area contributed by atoms with E-state index < -0.39 is 0 Å². The van der Waals surface area contributed by atoms with Crippen LogP contribution in [0.15, 0.2) is 42.7 Å². The molecule has 0 bridgehead atoms. The van der Waals surface area contributed by atoms with Crippen LogP contribution in [-0.4, -0.2) is 16.6 Å². The highest BCUT2D eigenvalue weighted by atomic mass is 16.3. The first kappa shape index (κ1) is 13.7. The third kappa shape index (κ3) is 4.16. The van der Waals surface area contributed by atoms with Crippen molar-refractivity contribution >= 4 is 0 Å². The van der Waals surface area contributed by atoms with Gasteiger partial charge in [-0.05, 0) is 48.2 Å². The lowest BCUT2D eigenvalue weighted by atomic mass is 10.1. The maximum Gasteiger partial charge on any atom is 0.0681 e. The lowest BCUT2D eigenvalue weighted by Gasteiger charge is -2.07. The molecule has 0 aliphatic rings. The van der Waals surface area contributed by atoms with Crippen LogP contribution in [0, 0.1) is 6.92 Å². The normalized spacial score (nSPS) is 10.6. The van der Waals surface area contributed by atoms with E-state index in [9.17, 15) is 0 Å². The van der Waals surface area contributed by atoms with Gasteiger partial charge in [-0.2, -0.15) is 0 Å². The van der Waals surface area contributed by atoms with Crippen molar-refractivity contribution in [1.82, 2.24) is 10.3 Å². The number of nitrogens with one attached hydrogen (secondary N) is 1. The Morgan fingerprint density at radius 2 is 1.84 bits per heavy atom. The Balaban J connectivity index is 1.76. The van der Waals surface area contributed by atoms with E-state index in [1.165, 1.54) is 16.7 Å². The van der Waals surface area contributed by atoms with Gasteiger partial charge in [0.25, 0.3) is 0 Å². The zero-order chi connectivity index (χ0) is 13.5. The largest absolute Gasteiger partial charge is 0.392 e. The van der Waals surface area contributed by atoms with Crippen molar-refractivity contribution in [2.45, 2.75) is 26.5 Å². The molecule has 0 saturated carbocycles. The molecule has 2 aromatic rings. The van der Waals surface area contributed by atoms with Crippen molar-refractivity contribution in [2.75, 3.05) is 6.54 Å². The summed E-state index contributed by atoms with van der Waals surface area (Å²) < 4.78 is 0. The Hall–Kier alpha value is -1.71. The molecule has 3 nitrogen and oxygen atoms in total. The third-order valence-corrected chi connectivity index (χ3v) is 3.24. The quantitative estimate of drug-likeness (QED) is 0.779. The molecule has 0 amide bonds. The summed E-state index contributed by atoms with van der Waals surface area (Å²) in [6, 6.07) is 10.1. The zero-order valence-electron chi connectivity index (χ0n) is 11.3. The number of aliphatic hydroxyl groups is 1. The summed E-state index contributed by atoms with van der Waals surface area (Å²) in [5.74, 6) is 0. The first-order chi connectivity index (χ1) is 9.29. The Bertz CT molecular complexity index is 508. The van der Waals surface area contributed by atoms with Gasteiger partial charge in [0.2, 0.25) is 0 Å². The smallest absolute Gasteiger partial charge is 0.0681 e. The average molecular weight is 256 g/mol. The molecule has 1 aromatic carbocycles. The second kappa shape index (κ2) is 7.02. The fourth-order valence-corrected chi connectivity index (χ4v) is 2.00. The number of aliphatic hydroxyl groups excluding tert-OH is 1. The first-order valence-corrected chi connectivity index (χ1v) is 6.58. The van der Waals surface area contributed by atoms with Crippen molar-refractivity contribution in [3.8, 4) is 0 Å². The number of benzene rings is 1. The topological polar surface area (TPSA) is 45.2 Å². The molecule has 0 radical (unpaired) electrons. The summed E-state index contributed by atoms with van der Waals surface area (Å²) >= 11 is 0. The number of pyridine rings is 1. The molecule has 19 heavy (non-hydrogen) atoms. The molecule has 0 atom stereocenters. The van der Waals surface area contributed by atoms with Gasteiger partial charge in [0.15, 0.2) is 0 Å². The van der Waals surface area contributed by atoms with Crippen LogP contribution in [0.4, 0.5) is 0 Å². The Kier molecular flexibility index (Phi) is 5.07. The van der Waals surface area contributed by atoms with Crippen molar-refractivity contribution in [1.29, 1.82) is 0 Å². The lowest BCUT2D eigenvalue weighted by molar-refractivity contribution is 0.282. The van der Waals surface area contributed by atoms with Gasteiger partial charge in [-0.1, -0.05) is 24.3 Å². The summed E-state index contributed by atoms with van der Waals surface area (Å²) in [5, 5.41) is 12.4. The molecular weight excluding hydrogens is 236 g/mol. The van der Waals surface area contributed by atoms with Gasteiger partial charge in [-0.15, -0.1) is 0 Å². The highest BCUT2D eigenvalue weighted by Crippen LogP contribution is 2.06. The highest BCUT2D eigenvalue weighted by Gasteiger charge is 1.98. The van der Waals surface area contributed by atoms with E-state index in [0.717, 1.165) is 25.1 Å². The van der Waals surface area contributed by atoms with Crippen molar-refractivity contribution in [3.05, 3.63) is 65.0 Å². The van der Waals surface area contributed by atoms with Crippen molar-refractivity contribution in [3.63, 3.8) is 0 Å². The summed E-state index contributed by atoms with van der Waals surface area (Å²) in [6.45, 7) is 4.01. The maximum absolute atomic E-state index is 8.97. The fourth-order valence-electron chi connectivity index (χ4n) is 2.00. The van der Waals surface area contributed by atoms with E-state index >= 15 is 0 Å². The molecule has 1 aromatic heterocycles. The van der Waals surface area contributed by atoms with Crippen molar-refractivity contribution in [2.24, 2.45) is 0 Å². The SMILES string of the molecule is Cc1cnccc1CCNCc1ccc(CO)cc1. The van der Waals surface area contributed by atoms with Gasteiger partial charge < -0.3 is 10.4 Å². The number of nitrogens with zero attached hydrogens (tertiary/aromatic N) is 1. The molecule has 0 unspecified atom stereocenters. The fraction of sp³-hybridized carbons (Fsp3) is 0.312. The summed E-state index contributed by atoms with van der Waals surface area (Å²) in [7, 11) is 0. The number of rotatable bonds is 6. The first-order valence-electron chi connectivity index (χ1n) is 6.58. The third-order valence-electron chi connectivity index (χ3n) is 3.24. The van der Waals surface area contributed by atoms with Crippen LogP contribution in [0.5, 0.6) is 0 Å². The molecular formula is C16H20N2O. The molecule has 0 fully saturated rings. The van der Waals surface area contributed by atoms with E-state index in [1.54, 1.807) is 0 Å². The van der Waals surface area contributed by atoms with Crippen LogP contribution in [0.1, 0.15) is 22.3 Å². The molecule has 0 spiro atoms. The van der Waals surface area contributed by atoms with Gasteiger partial charge in [0.1, 0.15) is 0 Å². The monoisotopic (exact) mass is 256 g/mol. The van der Waals surface area contributed by atoms with Gasteiger partial charge in [-0.3, -0.25) is 4.98 Å². The Morgan fingerprint density at radius 3 is 2.53 bits per heavy atom. The summed E-state index contributed by atoms with van der Waals surface area (Å²) in [5.41, 5.74) is 4.79. The van der Waals surface area contributed by atoms with Crippen LogP contribution in [-0.2, 0) is 19.6 Å². The molecule has 2 N–H and O–H groups in total. The minimum Gasteiger partial charge on any atom is -0.392 e. The second-order valence-corrected chi connectivity index (χ2v) is 4.70. The molecule has 1 heterocycles. The minimum atomic E-state index is 0.106.